The fraction of sp³-hybridized carbons (Fsp3) is 0.600. The molecule has 0 aliphatic carbocycles. The van der Waals surface area contributed by atoms with Crippen LogP contribution < -0.4 is 14.8 Å². The Hall–Kier alpha value is -1.26. The molecule has 1 aromatic carbocycles. The fourth-order valence-corrected chi connectivity index (χ4v) is 1.89. The third kappa shape index (κ3) is 5.94. The molecule has 19 heavy (non-hydrogen) atoms. The Morgan fingerprint density at radius 1 is 0.947 bits per heavy atom. The molecule has 0 atom stereocenters. The number of methoxy groups -OCH3 is 3. The molecule has 1 rings (SSSR count). The zero-order valence-electron chi connectivity index (χ0n) is 12.2. The molecule has 0 aromatic heterocycles. The molecule has 0 fully saturated rings. The number of hydrogen-bond donors (Lipinski definition) is 1. The summed E-state index contributed by atoms with van der Waals surface area (Å²) in [6.45, 7) is 2.86. The Labute approximate surface area is 116 Å². The molecule has 0 saturated heterocycles. The van der Waals surface area contributed by atoms with E-state index < -0.39 is 0 Å². The molecule has 0 unspecified atom stereocenters. The van der Waals surface area contributed by atoms with Crippen molar-refractivity contribution in [3.05, 3.63) is 23.8 Å². The molecular formula is C15H25NO3. The number of nitrogens with one attached hydrogen (secondary N) is 1. The van der Waals surface area contributed by atoms with Crippen LogP contribution in [0.3, 0.4) is 0 Å². The number of rotatable bonds is 10. The average Bonchev–Trinajstić information content (AvgIpc) is 2.46. The Bertz CT molecular complexity index is 355. The number of benzene rings is 1. The summed E-state index contributed by atoms with van der Waals surface area (Å²) >= 11 is 0. The van der Waals surface area contributed by atoms with Crippen LogP contribution >= 0.6 is 0 Å². The van der Waals surface area contributed by atoms with Crippen LogP contribution in [0.25, 0.3) is 0 Å². The Kier molecular flexibility index (Phi) is 8.02. The molecule has 4 nitrogen and oxygen atoms in total. The Balaban J connectivity index is 2.26. The maximum atomic E-state index is 5.29. The molecule has 0 bridgehead atoms. The number of ether oxygens (including phenoxy) is 3. The zero-order chi connectivity index (χ0) is 13.9. The Morgan fingerprint density at radius 2 is 1.74 bits per heavy atom. The minimum Gasteiger partial charge on any atom is -0.493 e. The van der Waals surface area contributed by atoms with Gasteiger partial charge in [0.25, 0.3) is 0 Å². The predicted molar refractivity (Wildman–Crippen MR) is 77.2 cm³/mol. The van der Waals surface area contributed by atoms with Gasteiger partial charge < -0.3 is 19.5 Å². The van der Waals surface area contributed by atoms with E-state index in [2.05, 4.69) is 11.4 Å². The van der Waals surface area contributed by atoms with Gasteiger partial charge >= 0.3 is 0 Å². The monoisotopic (exact) mass is 267 g/mol. The molecule has 0 aliphatic rings. The smallest absolute Gasteiger partial charge is 0.160 e. The average molecular weight is 267 g/mol. The van der Waals surface area contributed by atoms with E-state index in [0.29, 0.717) is 0 Å². The summed E-state index contributed by atoms with van der Waals surface area (Å²) in [5.74, 6) is 1.57. The van der Waals surface area contributed by atoms with Gasteiger partial charge in [-0.15, -0.1) is 0 Å². The highest BCUT2D eigenvalue weighted by Gasteiger charge is 2.03. The predicted octanol–water partition coefficient (Wildman–Crippen LogP) is 2.26. The maximum absolute atomic E-state index is 5.29. The van der Waals surface area contributed by atoms with Crippen molar-refractivity contribution >= 4 is 0 Å². The lowest BCUT2D eigenvalue weighted by molar-refractivity contribution is 0.192. The van der Waals surface area contributed by atoms with E-state index in [4.69, 9.17) is 14.2 Å². The van der Waals surface area contributed by atoms with E-state index in [1.807, 2.05) is 12.1 Å². The highest BCUT2D eigenvalue weighted by molar-refractivity contribution is 5.42. The minimum atomic E-state index is 0.777. The van der Waals surface area contributed by atoms with Crippen molar-refractivity contribution in [1.82, 2.24) is 5.32 Å². The van der Waals surface area contributed by atoms with Gasteiger partial charge in [-0.2, -0.15) is 0 Å². The van der Waals surface area contributed by atoms with Gasteiger partial charge in [-0.1, -0.05) is 6.07 Å². The lowest BCUT2D eigenvalue weighted by atomic mass is 10.1. The molecule has 1 aromatic rings. The molecule has 108 valence electrons. The lowest BCUT2D eigenvalue weighted by Gasteiger charge is -2.10. The van der Waals surface area contributed by atoms with Gasteiger partial charge in [0.1, 0.15) is 0 Å². The molecule has 1 N–H and O–H groups in total. The van der Waals surface area contributed by atoms with Crippen LogP contribution in [-0.2, 0) is 11.2 Å². The summed E-state index contributed by atoms with van der Waals surface area (Å²) in [6, 6.07) is 6.06. The van der Waals surface area contributed by atoms with Gasteiger partial charge in [0.2, 0.25) is 0 Å². The van der Waals surface area contributed by atoms with Crippen molar-refractivity contribution < 1.29 is 14.2 Å². The van der Waals surface area contributed by atoms with Crippen LogP contribution in [0.2, 0.25) is 0 Å². The van der Waals surface area contributed by atoms with Gasteiger partial charge in [0, 0.05) is 13.7 Å². The van der Waals surface area contributed by atoms with Crippen LogP contribution in [0.1, 0.15) is 18.4 Å². The van der Waals surface area contributed by atoms with Gasteiger partial charge in [-0.25, -0.2) is 0 Å². The van der Waals surface area contributed by atoms with E-state index >= 15 is 0 Å². The van der Waals surface area contributed by atoms with Crippen LogP contribution in [0.4, 0.5) is 0 Å². The van der Waals surface area contributed by atoms with Crippen LogP contribution in [0.5, 0.6) is 11.5 Å². The van der Waals surface area contributed by atoms with Crippen molar-refractivity contribution in [1.29, 1.82) is 0 Å². The van der Waals surface area contributed by atoms with Gasteiger partial charge in [0.15, 0.2) is 11.5 Å². The molecule has 0 spiro atoms. The first-order valence-electron chi connectivity index (χ1n) is 6.72. The third-order valence-corrected chi connectivity index (χ3v) is 2.99. The normalized spacial score (nSPS) is 10.5. The molecule has 0 heterocycles. The van der Waals surface area contributed by atoms with Crippen LogP contribution in [0, 0.1) is 0 Å². The molecule has 4 heteroatoms. The first-order chi connectivity index (χ1) is 9.31. The SMILES string of the molecule is COCCCCNCCc1ccc(OC)c(OC)c1. The summed E-state index contributed by atoms with van der Waals surface area (Å²) in [4.78, 5) is 0. The fourth-order valence-electron chi connectivity index (χ4n) is 1.89. The first kappa shape index (κ1) is 15.8. The quantitative estimate of drug-likeness (QED) is 0.660. The Morgan fingerprint density at radius 3 is 2.42 bits per heavy atom. The summed E-state index contributed by atoms with van der Waals surface area (Å²) < 4.78 is 15.5. The van der Waals surface area contributed by atoms with Crippen LogP contribution in [-0.4, -0.2) is 41.0 Å². The van der Waals surface area contributed by atoms with Crippen molar-refractivity contribution in [2.45, 2.75) is 19.3 Å². The highest BCUT2D eigenvalue weighted by Crippen LogP contribution is 2.27. The second-order valence-corrected chi connectivity index (χ2v) is 4.39. The topological polar surface area (TPSA) is 39.7 Å². The summed E-state index contributed by atoms with van der Waals surface area (Å²) in [7, 11) is 5.05. The number of hydrogen-bond acceptors (Lipinski definition) is 4. The summed E-state index contributed by atoms with van der Waals surface area (Å²) in [5, 5.41) is 3.43. The van der Waals surface area contributed by atoms with Crippen LogP contribution in [0.15, 0.2) is 18.2 Å². The summed E-state index contributed by atoms with van der Waals surface area (Å²) in [6.07, 6.45) is 3.25. The van der Waals surface area contributed by atoms with E-state index in [1.165, 1.54) is 5.56 Å². The van der Waals surface area contributed by atoms with E-state index in [-0.39, 0.29) is 0 Å². The van der Waals surface area contributed by atoms with Gasteiger partial charge in [-0.05, 0) is 50.0 Å². The van der Waals surface area contributed by atoms with E-state index in [9.17, 15) is 0 Å². The maximum Gasteiger partial charge on any atom is 0.160 e. The highest BCUT2D eigenvalue weighted by atomic mass is 16.5. The van der Waals surface area contributed by atoms with Crippen molar-refractivity contribution in [3.8, 4) is 11.5 Å². The molecule has 0 amide bonds. The number of unbranched alkanes of at least 4 members (excludes halogenated alkanes) is 1. The van der Waals surface area contributed by atoms with E-state index in [1.54, 1.807) is 21.3 Å². The van der Waals surface area contributed by atoms with Gasteiger partial charge in [0.05, 0.1) is 14.2 Å². The first-order valence-corrected chi connectivity index (χ1v) is 6.72. The van der Waals surface area contributed by atoms with Gasteiger partial charge in [-0.3, -0.25) is 0 Å². The van der Waals surface area contributed by atoms with Crippen molar-refractivity contribution in [3.63, 3.8) is 0 Å². The van der Waals surface area contributed by atoms with Crippen molar-refractivity contribution in [2.75, 3.05) is 41.0 Å². The standard InChI is InChI=1S/C15H25NO3/c1-17-11-5-4-9-16-10-8-13-6-7-14(18-2)15(12-13)19-3/h6-7,12,16H,4-5,8-11H2,1-3H3. The van der Waals surface area contributed by atoms with Crippen molar-refractivity contribution in [2.24, 2.45) is 0 Å². The molecule has 0 aliphatic heterocycles. The second-order valence-electron chi connectivity index (χ2n) is 4.39. The second kappa shape index (κ2) is 9.64. The lowest BCUT2D eigenvalue weighted by Crippen LogP contribution is -2.18. The minimum absolute atomic E-state index is 0.777. The molecule has 0 radical (unpaired) electrons. The third-order valence-electron chi connectivity index (χ3n) is 2.99. The summed E-state index contributed by atoms with van der Waals surface area (Å²) in [5.41, 5.74) is 1.25. The largest absolute Gasteiger partial charge is 0.493 e. The zero-order valence-corrected chi connectivity index (χ0v) is 12.2. The van der Waals surface area contributed by atoms with E-state index in [0.717, 1.165) is 50.5 Å². The molecule has 0 saturated carbocycles. The molecular weight excluding hydrogens is 242 g/mol.